The molecule has 1 N–H and O–H groups in total. The number of aromatic nitrogens is 1. The molecule has 0 spiro atoms. The highest BCUT2D eigenvalue weighted by molar-refractivity contribution is 7.91. The molecule has 1 aromatic heterocycles. The van der Waals surface area contributed by atoms with E-state index in [-0.39, 0.29) is 22.2 Å². The Morgan fingerprint density at radius 3 is 2.83 bits per heavy atom. The monoisotopic (exact) mass is 288 g/mol. The zero-order valence-corrected chi connectivity index (χ0v) is 11.4. The second kappa shape index (κ2) is 4.51. The van der Waals surface area contributed by atoms with Crippen molar-refractivity contribution >= 4 is 27.3 Å². The first-order valence-electron chi connectivity index (χ1n) is 5.45. The van der Waals surface area contributed by atoms with E-state index in [4.69, 9.17) is 11.6 Å². The van der Waals surface area contributed by atoms with Crippen molar-refractivity contribution in [1.82, 2.24) is 10.3 Å². The highest BCUT2D eigenvalue weighted by atomic mass is 35.5. The number of rotatable bonds is 2. The number of carbonyl (C=O) groups excluding carboxylic acids is 1. The molecule has 1 aromatic rings. The Kier molecular flexibility index (Phi) is 3.33. The second-order valence-electron chi connectivity index (χ2n) is 4.70. The molecule has 0 aliphatic carbocycles. The van der Waals surface area contributed by atoms with Crippen molar-refractivity contribution in [2.75, 3.05) is 11.5 Å². The summed E-state index contributed by atoms with van der Waals surface area (Å²) in [5.41, 5.74) is -0.473. The highest BCUT2D eigenvalue weighted by Gasteiger charge is 2.39. The summed E-state index contributed by atoms with van der Waals surface area (Å²) in [6.45, 7) is 1.72. The van der Waals surface area contributed by atoms with Crippen LogP contribution in [-0.2, 0) is 9.84 Å². The lowest BCUT2D eigenvalue weighted by Gasteiger charge is -2.23. The largest absolute Gasteiger partial charge is 0.346 e. The highest BCUT2D eigenvalue weighted by Crippen LogP contribution is 2.24. The maximum absolute atomic E-state index is 12.0. The number of amides is 1. The molecule has 2 heterocycles. The average molecular weight is 289 g/mol. The molecule has 2 rings (SSSR count). The van der Waals surface area contributed by atoms with E-state index in [0.29, 0.717) is 6.42 Å². The number of nitrogens with zero attached hydrogens (tertiary/aromatic N) is 1. The minimum atomic E-state index is -3.06. The average Bonchev–Trinajstić information content (AvgIpc) is 2.53. The van der Waals surface area contributed by atoms with Crippen LogP contribution in [0.3, 0.4) is 0 Å². The van der Waals surface area contributed by atoms with Gasteiger partial charge in [-0.05, 0) is 25.5 Å². The van der Waals surface area contributed by atoms with Crippen LogP contribution in [0.1, 0.15) is 23.7 Å². The van der Waals surface area contributed by atoms with Gasteiger partial charge in [-0.15, -0.1) is 0 Å². The van der Waals surface area contributed by atoms with Crippen LogP contribution in [0.4, 0.5) is 0 Å². The summed E-state index contributed by atoms with van der Waals surface area (Å²) in [4.78, 5) is 15.8. The van der Waals surface area contributed by atoms with Crippen molar-refractivity contribution in [3.05, 3.63) is 29.0 Å². The van der Waals surface area contributed by atoms with Crippen molar-refractivity contribution in [2.45, 2.75) is 18.9 Å². The molecule has 1 aliphatic heterocycles. The molecule has 98 valence electrons. The standard InChI is InChI=1S/C11H13ClN2O3S/c1-11(4-6-18(16,17)7-11)14-10(15)8-3-2-5-13-9(8)12/h2-3,5H,4,6-7H2,1H3,(H,14,15). The van der Waals surface area contributed by atoms with Gasteiger partial charge in [0.2, 0.25) is 0 Å². The smallest absolute Gasteiger partial charge is 0.254 e. The van der Waals surface area contributed by atoms with Crippen LogP contribution in [0.2, 0.25) is 5.15 Å². The Morgan fingerprint density at radius 1 is 1.56 bits per heavy atom. The van der Waals surface area contributed by atoms with Gasteiger partial charge in [-0.2, -0.15) is 0 Å². The molecular formula is C11H13ClN2O3S. The van der Waals surface area contributed by atoms with E-state index >= 15 is 0 Å². The number of carbonyl (C=O) groups is 1. The Morgan fingerprint density at radius 2 is 2.28 bits per heavy atom. The summed E-state index contributed by atoms with van der Waals surface area (Å²) in [7, 11) is -3.06. The minimum Gasteiger partial charge on any atom is -0.346 e. The predicted molar refractivity (Wildman–Crippen MR) is 68.4 cm³/mol. The summed E-state index contributed by atoms with van der Waals surface area (Å²) in [6, 6.07) is 3.16. The number of pyridine rings is 1. The topological polar surface area (TPSA) is 76.1 Å². The van der Waals surface area contributed by atoms with E-state index in [2.05, 4.69) is 10.3 Å². The van der Waals surface area contributed by atoms with Gasteiger partial charge in [0.15, 0.2) is 9.84 Å². The summed E-state index contributed by atoms with van der Waals surface area (Å²) < 4.78 is 22.9. The van der Waals surface area contributed by atoms with Gasteiger partial charge >= 0.3 is 0 Å². The number of hydrogen-bond donors (Lipinski definition) is 1. The van der Waals surface area contributed by atoms with Crippen LogP contribution in [0.5, 0.6) is 0 Å². The van der Waals surface area contributed by atoms with E-state index in [1.54, 1.807) is 19.1 Å². The van der Waals surface area contributed by atoms with Gasteiger partial charge in [0.1, 0.15) is 5.15 Å². The molecule has 0 radical (unpaired) electrons. The fraction of sp³-hybridized carbons (Fsp3) is 0.455. The summed E-state index contributed by atoms with van der Waals surface area (Å²) in [6.07, 6.45) is 1.90. The van der Waals surface area contributed by atoms with Crippen LogP contribution in [0.15, 0.2) is 18.3 Å². The first-order chi connectivity index (χ1) is 8.31. The minimum absolute atomic E-state index is 0.0381. The number of hydrogen-bond acceptors (Lipinski definition) is 4. The molecule has 0 bridgehead atoms. The summed E-state index contributed by atoms with van der Waals surface area (Å²) in [5.74, 6) is -0.332. The van der Waals surface area contributed by atoms with Crippen LogP contribution >= 0.6 is 11.6 Å². The van der Waals surface area contributed by atoms with Gasteiger partial charge in [-0.1, -0.05) is 11.6 Å². The van der Waals surface area contributed by atoms with E-state index in [1.165, 1.54) is 6.20 Å². The number of sulfone groups is 1. The molecule has 1 saturated heterocycles. The van der Waals surface area contributed by atoms with Crippen molar-refractivity contribution < 1.29 is 13.2 Å². The lowest BCUT2D eigenvalue weighted by Crippen LogP contribution is -2.47. The molecule has 18 heavy (non-hydrogen) atoms. The maximum Gasteiger partial charge on any atom is 0.254 e. The molecule has 0 saturated carbocycles. The Hall–Kier alpha value is -1.14. The third-order valence-corrected chi connectivity index (χ3v) is 5.13. The quantitative estimate of drug-likeness (QED) is 0.825. The molecule has 1 unspecified atom stereocenters. The van der Waals surface area contributed by atoms with Crippen molar-refractivity contribution in [1.29, 1.82) is 0 Å². The van der Waals surface area contributed by atoms with Crippen molar-refractivity contribution in [3.8, 4) is 0 Å². The molecule has 1 atom stereocenters. The molecule has 1 aliphatic rings. The lowest BCUT2D eigenvalue weighted by atomic mass is 10.0. The van der Waals surface area contributed by atoms with Gasteiger partial charge in [0, 0.05) is 6.20 Å². The number of nitrogens with one attached hydrogen (secondary N) is 1. The zero-order valence-electron chi connectivity index (χ0n) is 9.81. The summed E-state index contributed by atoms with van der Waals surface area (Å²) in [5, 5.41) is 2.84. The van der Waals surface area contributed by atoms with Crippen molar-refractivity contribution in [2.24, 2.45) is 0 Å². The SMILES string of the molecule is CC1(NC(=O)c2cccnc2Cl)CCS(=O)(=O)C1. The number of halogens is 1. The van der Waals surface area contributed by atoms with Gasteiger partial charge in [0.05, 0.1) is 22.6 Å². The fourth-order valence-electron chi connectivity index (χ4n) is 2.01. The molecule has 7 heteroatoms. The third kappa shape index (κ3) is 2.81. The molecule has 1 amide bonds. The van der Waals surface area contributed by atoms with Gasteiger partial charge in [-0.3, -0.25) is 4.79 Å². The normalized spacial score (nSPS) is 25.9. The van der Waals surface area contributed by atoms with E-state index in [1.807, 2.05) is 0 Å². The first kappa shape index (κ1) is 13.3. The van der Waals surface area contributed by atoms with Crippen molar-refractivity contribution in [3.63, 3.8) is 0 Å². The molecule has 0 aromatic carbocycles. The lowest BCUT2D eigenvalue weighted by molar-refractivity contribution is 0.0915. The molecular weight excluding hydrogens is 276 g/mol. The van der Waals surface area contributed by atoms with Gasteiger partial charge < -0.3 is 5.32 Å². The van der Waals surface area contributed by atoms with Crippen LogP contribution < -0.4 is 5.32 Å². The Bertz CT molecular complexity index is 588. The maximum atomic E-state index is 12.0. The fourth-order valence-corrected chi connectivity index (χ4v) is 4.30. The predicted octanol–water partition coefficient (Wildman–Crippen LogP) is 1.04. The van der Waals surface area contributed by atoms with E-state index in [0.717, 1.165) is 0 Å². The van der Waals surface area contributed by atoms with Crippen LogP contribution in [-0.4, -0.2) is 36.4 Å². The van der Waals surface area contributed by atoms with Crippen LogP contribution in [0, 0.1) is 0 Å². The first-order valence-corrected chi connectivity index (χ1v) is 7.65. The Labute approximate surface area is 110 Å². The van der Waals surface area contributed by atoms with Gasteiger partial charge in [0.25, 0.3) is 5.91 Å². The molecule has 5 nitrogen and oxygen atoms in total. The van der Waals surface area contributed by atoms with E-state index in [9.17, 15) is 13.2 Å². The van der Waals surface area contributed by atoms with Gasteiger partial charge in [-0.25, -0.2) is 13.4 Å². The van der Waals surface area contributed by atoms with Crippen LogP contribution in [0.25, 0.3) is 0 Å². The third-order valence-electron chi connectivity index (χ3n) is 2.92. The second-order valence-corrected chi connectivity index (χ2v) is 7.24. The molecule has 1 fully saturated rings. The zero-order chi connectivity index (χ0) is 13.4. The summed E-state index contributed by atoms with van der Waals surface area (Å²) >= 11 is 5.82. The van der Waals surface area contributed by atoms with E-state index < -0.39 is 21.3 Å². The Balaban J connectivity index is 2.16.